The van der Waals surface area contributed by atoms with E-state index in [-0.39, 0.29) is 11.3 Å². The number of ether oxygens (including phenoxy) is 1. The van der Waals surface area contributed by atoms with Gasteiger partial charge in [0, 0.05) is 18.7 Å². The van der Waals surface area contributed by atoms with Crippen molar-refractivity contribution in [2.24, 2.45) is 0 Å². The number of aromatic nitrogens is 2. The summed E-state index contributed by atoms with van der Waals surface area (Å²) in [5, 5.41) is 6.58. The monoisotopic (exact) mass is 311 g/mol. The Morgan fingerprint density at radius 3 is 2.68 bits per heavy atom. The maximum atomic E-state index is 12.5. The summed E-state index contributed by atoms with van der Waals surface area (Å²) < 4.78 is 44.4. The second-order valence-electron chi connectivity index (χ2n) is 4.82. The molecule has 1 aliphatic heterocycles. The number of carbonyl (C=O) groups excluding carboxylic acids is 1. The van der Waals surface area contributed by atoms with Gasteiger partial charge in [0.2, 0.25) is 5.88 Å². The third kappa shape index (κ3) is 2.76. The van der Waals surface area contributed by atoms with Crippen LogP contribution in [-0.4, -0.2) is 22.3 Å². The van der Waals surface area contributed by atoms with Crippen LogP contribution in [-0.2, 0) is 12.7 Å². The number of aryl methyl sites for hydroxylation is 1. The Kier molecular flexibility index (Phi) is 3.51. The second-order valence-corrected chi connectivity index (χ2v) is 4.82. The molecular weight excluding hydrogens is 299 g/mol. The first kappa shape index (κ1) is 14.4. The Balaban J connectivity index is 1.76. The van der Waals surface area contributed by atoms with E-state index in [9.17, 15) is 18.0 Å². The highest BCUT2D eigenvalue weighted by molar-refractivity contribution is 6.05. The maximum Gasteiger partial charge on any atom is 0.416 e. The molecule has 0 unspecified atom stereocenters. The van der Waals surface area contributed by atoms with Gasteiger partial charge in [0.25, 0.3) is 5.91 Å². The Labute approximate surface area is 123 Å². The van der Waals surface area contributed by atoms with Crippen molar-refractivity contribution >= 4 is 11.6 Å². The summed E-state index contributed by atoms with van der Waals surface area (Å²) in [5.41, 5.74) is -0.231. The van der Waals surface area contributed by atoms with Crippen molar-refractivity contribution < 1.29 is 22.7 Å². The Morgan fingerprint density at radius 2 is 2.00 bits per heavy atom. The zero-order chi connectivity index (χ0) is 15.7. The summed E-state index contributed by atoms with van der Waals surface area (Å²) >= 11 is 0. The van der Waals surface area contributed by atoms with Crippen LogP contribution in [0.25, 0.3) is 0 Å². The molecule has 0 saturated carbocycles. The number of nitrogens with zero attached hydrogens (tertiary/aromatic N) is 2. The number of halogens is 3. The molecule has 116 valence electrons. The Morgan fingerprint density at radius 1 is 1.27 bits per heavy atom. The molecule has 3 rings (SSSR count). The molecule has 2 heterocycles. The van der Waals surface area contributed by atoms with Gasteiger partial charge < -0.3 is 10.1 Å². The minimum absolute atomic E-state index is 0.264. The standard InChI is InChI=1S/C14H12F3N3O2/c15-14(16,17)9-2-4-10(5-3-9)19-12(21)11-8-18-20-6-1-7-22-13(11)20/h2-5,8H,1,6-7H2,(H,19,21). The summed E-state index contributed by atoms with van der Waals surface area (Å²) in [6.45, 7) is 1.18. The lowest BCUT2D eigenvalue weighted by Crippen LogP contribution is -2.18. The van der Waals surface area contributed by atoms with Crippen molar-refractivity contribution in [2.45, 2.75) is 19.1 Å². The largest absolute Gasteiger partial charge is 0.477 e. The molecule has 5 nitrogen and oxygen atoms in total. The summed E-state index contributed by atoms with van der Waals surface area (Å²) in [7, 11) is 0. The van der Waals surface area contributed by atoms with Gasteiger partial charge >= 0.3 is 6.18 Å². The van der Waals surface area contributed by atoms with E-state index in [0.717, 1.165) is 18.6 Å². The lowest BCUT2D eigenvalue weighted by Gasteiger charge is -2.16. The van der Waals surface area contributed by atoms with Crippen LogP contribution in [0, 0.1) is 0 Å². The van der Waals surface area contributed by atoms with Crippen LogP contribution < -0.4 is 10.1 Å². The van der Waals surface area contributed by atoms with Gasteiger partial charge in [-0.1, -0.05) is 0 Å². The summed E-state index contributed by atoms with van der Waals surface area (Å²) in [6, 6.07) is 4.24. The zero-order valence-electron chi connectivity index (χ0n) is 11.4. The van der Waals surface area contributed by atoms with Crippen LogP contribution in [0.4, 0.5) is 18.9 Å². The van der Waals surface area contributed by atoms with Gasteiger partial charge in [0.1, 0.15) is 5.56 Å². The minimum atomic E-state index is -4.40. The molecule has 0 bridgehead atoms. The van der Waals surface area contributed by atoms with Crippen molar-refractivity contribution in [3.63, 3.8) is 0 Å². The number of alkyl halides is 3. The quantitative estimate of drug-likeness (QED) is 0.928. The summed E-state index contributed by atoms with van der Waals surface area (Å²) in [4.78, 5) is 12.2. The predicted octanol–water partition coefficient (Wildman–Crippen LogP) is 2.94. The molecule has 0 atom stereocenters. The third-order valence-electron chi connectivity index (χ3n) is 3.26. The van der Waals surface area contributed by atoms with E-state index in [1.165, 1.54) is 18.3 Å². The molecule has 1 aromatic heterocycles. The number of anilines is 1. The van der Waals surface area contributed by atoms with E-state index in [0.29, 0.717) is 19.0 Å². The highest BCUT2D eigenvalue weighted by Gasteiger charge is 2.30. The number of hydrogen-bond donors (Lipinski definition) is 1. The Hall–Kier alpha value is -2.51. The van der Waals surface area contributed by atoms with E-state index in [1.54, 1.807) is 4.68 Å². The summed E-state index contributed by atoms with van der Waals surface area (Å²) in [5.74, 6) is -0.0847. The Bertz CT molecular complexity index is 692. The fourth-order valence-electron chi connectivity index (χ4n) is 2.17. The molecule has 8 heteroatoms. The van der Waals surface area contributed by atoms with E-state index >= 15 is 0 Å². The zero-order valence-corrected chi connectivity index (χ0v) is 11.4. The third-order valence-corrected chi connectivity index (χ3v) is 3.26. The van der Waals surface area contributed by atoms with Crippen molar-refractivity contribution in [3.8, 4) is 5.88 Å². The van der Waals surface area contributed by atoms with Crippen LogP contribution in [0.15, 0.2) is 30.5 Å². The molecule has 0 fully saturated rings. The molecule has 1 amide bonds. The molecule has 22 heavy (non-hydrogen) atoms. The van der Waals surface area contributed by atoms with E-state index in [4.69, 9.17) is 4.74 Å². The topological polar surface area (TPSA) is 56.2 Å². The fraction of sp³-hybridized carbons (Fsp3) is 0.286. The molecule has 1 aromatic carbocycles. The smallest absolute Gasteiger partial charge is 0.416 e. The average Bonchev–Trinajstić information content (AvgIpc) is 2.91. The molecule has 1 aliphatic rings. The van der Waals surface area contributed by atoms with Gasteiger partial charge in [0.15, 0.2) is 0 Å². The van der Waals surface area contributed by atoms with Gasteiger partial charge in [0.05, 0.1) is 18.4 Å². The minimum Gasteiger partial charge on any atom is -0.477 e. The molecular formula is C14H12F3N3O2. The van der Waals surface area contributed by atoms with Crippen LogP contribution in [0.5, 0.6) is 5.88 Å². The number of nitrogens with one attached hydrogen (secondary N) is 1. The van der Waals surface area contributed by atoms with Gasteiger partial charge in [-0.2, -0.15) is 18.3 Å². The van der Waals surface area contributed by atoms with Gasteiger partial charge in [-0.05, 0) is 24.3 Å². The van der Waals surface area contributed by atoms with Crippen molar-refractivity contribution in [1.29, 1.82) is 0 Å². The molecule has 1 N–H and O–H groups in total. The first-order chi connectivity index (χ1) is 10.4. The molecule has 0 radical (unpaired) electrons. The van der Waals surface area contributed by atoms with Gasteiger partial charge in [-0.15, -0.1) is 0 Å². The lowest BCUT2D eigenvalue weighted by atomic mass is 10.2. The van der Waals surface area contributed by atoms with E-state index in [2.05, 4.69) is 10.4 Å². The molecule has 0 aliphatic carbocycles. The highest BCUT2D eigenvalue weighted by Crippen LogP contribution is 2.30. The summed E-state index contributed by atoms with van der Waals surface area (Å²) in [6.07, 6.45) is -2.20. The number of amides is 1. The van der Waals surface area contributed by atoms with Gasteiger partial charge in [-0.25, -0.2) is 4.68 Å². The number of rotatable bonds is 2. The van der Waals surface area contributed by atoms with Crippen LogP contribution in [0.2, 0.25) is 0 Å². The van der Waals surface area contributed by atoms with Crippen LogP contribution >= 0.6 is 0 Å². The number of benzene rings is 1. The van der Waals surface area contributed by atoms with Gasteiger partial charge in [-0.3, -0.25) is 4.79 Å². The molecule has 0 saturated heterocycles. The van der Waals surface area contributed by atoms with E-state index < -0.39 is 17.6 Å². The SMILES string of the molecule is O=C(Nc1ccc(C(F)(F)F)cc1)c1cnn2c1OCCC2. The average molecular weight is 311 g/mol. The van der Waals surface area contributed by atoms with Crippen molar-refractivity contribution in [2.75, 3.05) is 11.9 Å². The normalized spacial score (nSPS) is 14.1. The molecule has 0 spiro atoms. The highest BCUT2D eigenvalue weighted by atomic mass is 19.4. The maximum absolute atomic E-state index is 12.5. The van der Waals surface area contributed by atoms with Crippen LogP contribution in [0.1, 0.15) is 22.3 Å². The van der Waals surface area contributed by atoms with Crippen LogP contribution in [0.3, 0.4) is 0 Å². The predicted molar refractivity (Wildman–Crippen MR) is 71.7 cm³/mol. The first-order valence-corrected chi connectivity index (χ1v) is 6.62. The fourth-order valence-corrected chi connectivity index (χ4v) is 2.17. The van der Waals surface area contributed by atoms with Crippen molar-refractivity contribution in [3.05, 3.63) is 41.6 Å². The van der Waals surface area contributed by atoms with E-state index in [1.807, 2.05) is 0 Å². The first-order valence-electron chi connectivity index (χ1n) is 6.62. The number of fused-ring (bicyclic) bond motifs is 1. The lowest BCUT2D eigenvalue weighted by molar-refractivity contribution is -0.137. The molecule has 2 aromatic rings. The second kappa shape index (κ2) is 5.36. The number of carbonyl (C=O) groups is 1. The number of hydrogen-bond acceptors (Lipinski definition) is 3. The van der Waals surface area contributed by atoms with Crippen molar-refractivity contribution in [1.82, 2.24) is 9.78 Å².